The van der Waals surface area contributed by atoms with Crippen LogP contribution in [0.4, 0.5) is 5.69 Å². The van der Waals surface area contributed by atoms with E-state index in [9.17, 15) is 15.0 Å². The van der Waals surface area contributed by atoms with Crippen LogP contribution in [0, 0.1) is 5.92 Å². The normalized spacial score (nSPS) is 27.2. The smallest absolute Gasteiger partial charge is 0.276 e. The Morgan fingerprint density at radius 3 is 2.53 bits per heavy atom. The summed E-state index contributed by atoms with van der Waals surface area (Å²) in [7, 11) is 0. The molecule has 196 valence electrons. The van der Waals surface area contributed by atoms with Gasteiger partial charge in [-0.1, -0.05) is 78.1 Å². The van der Waals surface area contributed by atoms with Gasteiger partial charge in [-0.05, 0) is 42.6 Å². The first-order valence-corrected chi connectivity index (χ1v) is 13.2. The Bertz CT molecular complexity index is 1030. The number of amides is 1. The number of hydrogen-bond donors (Lipinski definition) is 3. The SMILES string of the molecule is CC1C(CN2CCCC2CO)OC(c2cccc(NC(=O)C(Cl)(Cl)Cl)c2)OC1c1ccc(CO)cc1. The number of likely N-dealkylation sites (tertiary alicyclic amines) is 1. The molecule has 10 heteroatoms. The van der Waals surface area contributed by atoms with Gasteiger partial charge in [0.25, 0.3) is 9.70 Å². The van der Waals surface area contributed by atoms with Crippen LogP contribution in [0.2, 0.25) is 0 Å². The zero-order valence-corrected chi connectivity index (χ0v) is 22.2. The van der Waals surface area contributed by atoms with Crippen LogP contribution in [-0.2, 0) is 20.9 Å². The molecular weight excluding hydrogens is 527 g/mol. The molecule has 0 aliphatic carbocycles. The van der Waals surface area contributed by atoms with Gasteiger partial charge in [0.2, 0.25) is 0 Å². The van der Waals surface area contributed by atoms with Crippen LogP contribution in [0.3, 0.4) is 0 Å². The summed E-state index contributed by atoms with van der Waals surface area (Å²) < 4.78 is 10.9. The lowest BCUT2D eigenvalue weighted by Crippen LogP contribution is -2.46. The second-order valence-corrected chi connectivity index (χ2v) is 11.7. The van der Waals surface area contributed by atoms with Gasteiger partial charge in [-0.25, -0.2) is 0 Å². The minimum absolute atomic E-state index is 0.0217. The average Bonchev–Trinajstić information content (AvgIpc) is 3.32. The summed E-state index contributed by atoms with van der Waals surface area (Å²) in [5.74, 6) is -0.735. The third-order valence-electron chi connectivity index (χ3n) is 6.92. The fourth-order valence-corrected chi connectivity index (χ4v) is 5.01. The molecule has 2 saturated heterocycles. The Morgan fingerprint density at radius 2 is 1.86 bits per heavy atom. The van der Waals surface area contributed by atoms with Gasteiger partial charge in [-0.2, -0.15) is 0 Å². The second kappa shape index (κ2) is 12.0. The highest BCUT2D eigenvalue weighted by Gasteiger charge is 2.40. The highest BCUT2D eigenvalue weighted by molar-refractivity contribution is 6.76. The molecule has 2 aromatic rings. The molecule has 3 N–H and O–H groups in total. The van der Waals surface area contributed by atoms with Crippen LogP contribution in [0.1, 0.15) is 48.8 Å². The highest BCUT2D eigenvalue weighted by Crippen LogP contribution is 2.42. The number of anilines is 1. The number of nitrogens with one attached hydrogen (secondary N) is 1. The number of hydrogen-bond acceptors (Lipinski definition) is 6. The minimum atomic E-state index is -2.08. The lowest BCUT2D eigenvalue weighted by Gasteiger charge is -2.43. The zero-order chi connectivity index (χ0) is 25.9. The van der Waals surface area contributed by atoms with E-state index in [0.29, 0.717) is 17.8 Å². The van der Waals surface area contributed by atoms with Crippen LogP contribution in [-0.4, -0.2) is 56.7 Å². The van der Waals surface area contributed by atoms with Crippen molar-refractivity contribution >= 4 is 46.4 Å². The van der Waals surface area contributed by atoms with E-state index in [4.69, 9.17) is 44.3 Å². The molecule has 2 fully saturated rings. The number of aliphatic hydroxyl groups is 2. The van der Waals surface area contributed by atoms with Crippen molar-refractivity contribution in [2.24, 2.45) is 5.92 Å². The van der Waals surface area contributed by atoms with Gasteiger partial charge in [-0.3, -0.25) is 9.69 Å². The molecule has 4 rings (SSSR count). The van der Waals surface area contributed by atoms with E-state index < -0.39 is 16.0 Å². The molecule has 5 unspecified atom stereocenters. The van der Waals surface area contributed by atoms with Gasteiger partial charge in [0.15, 0.2) is 6.29 Å². The van der Waals surface area contributed by atoms with Crippen LogP contribution in [0.25, 0.3) is 0 Å². The van der Waals surface area contributed by atoms with Crippen molar-refractivity contribution in [1.29, 1.82) is 0 Å². The lowest BCUT2D eigenvalue weighted by molar-refractivity contribution is -0.276. The maximum Gasteiger partial charge on any atom is 0.276 e. The fourth-order valence-electron chi connectivity index (χ4n) is 4.87. The van der Waals surface area contributed by atoms with E-state index in [-0.39, 0.29) is 37.4 Å². The molecule has 7 nitrogen and oxygen atoms in total. The van der Waals surface area contributed by atoms with E-state index in [0.717, 1.165) is 30.5 Å². The second-order valence-electron chi connectivity index (χ2n) is 9.37. The summed E-state index contributed by atoms with van der Waals surface area (Å²) >= 11 is 17.1. The summed E-state index contributed by atoms with van der Waals surface area (Å²) in [5.41, 5.74) is 2.98. The molecule has 1 amide bonds. The topological polar surface area (TPSA) is 91.3 Å². The number of halogens is 3. The van der Waals surface area contributed by atoms with Crippen LogP contribution >= 0.6 is 34.8 Å². The Kier molecular flexibility index (Phi) is 9.18. The Balaban J connectivity index is 1.60. The van der Waals surface area contributed by atoms with Gasteiger partial charge < -0.3 is 25.0 Å². The molecular formula is C26H31Cl3N2O5. The van der Waals surface area contributed by atoms with E-state index in [2.05, 4.69) is 17.1 Å². The van der Waals surface area contributed by atoms with Gasteiger partial charge >= 0.3 is 0 Å². The molecule has 5 atom stereocenters. The zero-order valence-electron chi connectivity index (χ0n) is 19.9. The molecule has 2 aromatic carbocycles. The van der Waals surface area contributed by atoms with Gasteiger partial charge in [0, 0.05) is 29.8 Å². The third kappa shape index (κ3) is 6.52. The Labute approximate surface area is 226 Å². The quantitative estimate of drug-likeness (QED) is 0.426. The average molecular weight is 558 g/mol. The molecule has 0 radical (unpaired) electrons. The van der Waals surface area contributed by atoms with Gasteiger partial charge in [0.1, 0.15) is 0 Å². The summed E-state index contributed by atoms with van der Waals surface area (Å²) in [6.45, 7) is 3.78. The molecule has 0 saturated carbocycles. The highest BCUT2D eigenvalue weighted by atomic mass is 35.6. The molecule has 0 spiro atoms. The molecule has 0 aromatic heterocycles. The number of carbonyl (C=O) groups is 1. The van der Waals surface area contributed by atoms with Crippen molar-refractivity contribution in [3.05, 3.63) is 65.2 Å². The summed E-state index contributed by atoms with van der Waals surface area (Å²) in [6.07, 6.45) is 0.875. The van der Waals surface area contributed by atoms with Gasteiger partial charge in [0.05, 0.1) is 25.4 Å². The van der Waals surface area contributed by atoms with Gasteiger partial charge in [-0.15, -0.1) is 0 Å². The number of aliphatic hydroxyl groups excluding tert-OH is 2. The first-order valence-electron chi connectivity index (χ1n) is 12.0. The van der Waals surface area contributed by atoms with Crippen molar-refractivity contribution in [2.45, 2.75) is 54.7 Å². The molecule has 2 heterocycles. The molecule has 0 bridgehead atoms. The van der Waals surface area contributed by atoms with Crippen molar-refractivity contribution in [3.63, 3.8) is 0 Å². The maximum absolute atomic E-state index is 12.1. The summed E-state index contributed by atoms with van der Waals surface area (Å²) in [4.78, 5) is 14.4. The standard InChI is InChI=1S/C26H31Cl3N2O5/c1-16-22(13-31-11-3-6-21(31)15-33)35-24(36-23(16)18-9-7-17(14-32)8-10-18)19-4-2-5-20(12-19)30-25(34)26(27,28)29/h2,4-5,7-10,12,16,21-24,32-33H,3,6,11,13-15H2,1H3,(H,30,34). The maximum atomic E-state index is 12.1. The molecule has 36 heavy (non-hydrogen) atoms. The van der Waals surface area contributed by atoms with Crippen LogP contribution < -0.4 is 5.32 Å². The lowest BCUT2D eigenvalue weighted by atomic mass is 9.90. The number of benzene rings is 2. The first kappa shape index (κ1) is 27.6. The number of alkyl halides is 3. The molecule has 2 aliphatic rings. The monoisotopic (exact) mass is 556 g/mol. The largest absolute Gasteiger partial charge is 0.395 e. The molecule has 2 aliphatic heterocycles. The third-order valence-corrected chi connectivity index (χ3v) is 7.44. The Morgan fingerprint density at radius 1 is 1.11 bits per heavy atom. The van der Waals surface area contributed by atoms with Crippen LogP contribution in [0.5, 0.6) is 0 Å². The minimum Gasteiger partial charge on any atom is -0.395 e. The number of ether oxygens (including phenoxy) is 2. The first-order chi connectivity index (χ1) is 17.2. The number of rotatable bonds is 7. The predicted octanol–water partition coefficient (Wildman–Crippen LogP) is 4.74. The fraction of sp³-hybridized carbons (Fsp3) is 0.500. The van der Waals surface area contributed by atoms with E-state index in [1.54, 1.807) is 18.2 Å². The van der Waals surface area contributed by atoms with Crippen molar-refractivity contribution in [1.82, 2.24) is 4.90 Å². The summed E-state index contributed by atoms with van der Waals surface area (Å²) in [6, 6.07) is 14.9. The van der Waals surface area contributed by atoms with E-state index in [1.807, 2.05) is 30.3 Å². The van der Waals surface area contributed by atoms with Crippen molar-refractivity contribution in [2.75, 3.05) is 25.0 Å². The Hall–Kier alpha value is -1.42. The van der Waals surface area contributed by atoms with Crippen molar-refractivity contribution < 1.29 is 24.5 Å². The van der Waals surface area contributed by atoms with Crippen molar-refractivity contribution in [3.8, 4) is 0 Å². The number of nitrogens with zero attached hydrogens (tertiary/aromatic N) is 1. The predicted molar refractivity (Wildman–Crippen MR) is 140 cm³/mol. The van der Waals surface area contributed by atoms with E-state index in [1.165, 1.54) is 0 Å². The van der Waals surface area contributed by atoms with E-state index >= 15 is 0 Å². The van der Waals surface area contributed by atoms with Crippen LogP contribution in [0.15, 0.2) is 48.5 Å². The number of carbonyl (C=O) groups excluding carboxylic acids is 1. The summed E-state index contributed by atoms with van der Waals surface area (Å²) in [5, 5.41) is 21.9.